The van der Waals surface area contributed by atoms with E-state index in [4.69, 9.17) is 46.4 Å². The summed E-state index contributed by atoms with van der Waals surface area (Å²) in [6.45, 7) is 2.16. The van der Waals surface area contributed by atoms with Gasteiger partial charge in [0.15, 0.2) is 11.0 Å². The summed E-state index contributed by atoms with van der Waals surface area (Å²) in [5.74, 6) is 0.867. The molecule has 1 aromatic heterocycles. The van der Waals surface area contributed by atoms with Crippen molar-refractivity contribution in [2.24, 2.45) is 0 Å². The van der Waals surface area contributed by atoms with Crippen LogP contribution in [0.15, 0.2) is 65.8 Å². The molecule has 1 N–H and O–H groups in total. The molecule has 3 aromatic carbocycles. The fourth-order valence-corrected chi connectivity index (χ4v) is 5.23. The number of thioether (sulfide) groups is 1. The summed E-state index contributed by atoms with van der Waals surface area (Å²) < 4.78 is 1.82. The fourth-order valence-electron chi connectivity index (χ4n) is 3.31. The van der Waals surface area contributed by atoms with Crippen LogP contribution in [0.1, 0.15) is 27.3 Å². The Bertz CT molecular complexity index is 1340. The summed E-state index contributed by atoms with van der Waals surface area (Å²) in [6, 6.07) is 18.1. The van der Waals surface area contributed by atoms with E-state index in [1.54, 1.807) is 36.4 Å². The van der Waals surface area contributed by atoms with Crippen LogP contribution in [0.3, 0.4) is 0 Å². The molecule has 1 heterocycles. The largest absolute Gasteiger partial charge is 0.345 e. The van der Waals surface area contributed by atoms with Crippen molar-refractivity contribution in [2.75, 3.05) is 0 Å². The molecule has 4 aromatic rings. The third-order valence-electron chi connectivity index (χ3n) is 4.83. The van der Waals surface area contributed by atoms with Gasteiger partial charge in [-0.05, 0) is 48.9 Å². The van der Waals surface area contributed by atoms with E-state index in [2.05, 4.69) is 40.6 Å². The quantitative estimate of drug-likeness (QED) is 0.243. The first-order chi connectivity index (χ1) is 16.3. The lowest BCUT2D eigenvalue weighted by Crippen LogP contribution is -2.24. The molecule has 1 amide bonds. The van der Waals surface area contributed by atoms with E-state index in [0.29, 0.717) is 48.1 Å². The predicted molar refractivity (Wildman–Crippen MR) is 140 cm³/mol. The normalized spacial score (nSPS) is 11.0. The van der Waals surface area contributed by atoms with Gasteiger partial charge in [0.25, 0.3) is 5.91 Å². The number of carbonyl (C=O) groups excluding carboxylic acids is 1. The summed E-state index contributed by atoms with van der Waals surface area (Å²) in [5, 5.41) is 13.9. The first-order valence-corrected chi connectivity index (χ1v) is 12.6. The molecule has 4 rings (SSSR count). The van der Waals surface area contributed by atoms with E-state index in [0.717, 1.165) is 5.56 Å². The van der Waals surface area contributed by atoms with E-state index < -0.39 is 0 Å². The minimum atomic E-state index is -0.338. The number of aromatic nitrogens is 3. The summed E-state index contributed by atoms with van der Waals surface area (Å²) in [5.41, 5.74) is 3.36. The Kier molecular flexibility index (Phi) is 8.06. The van der Waals surface area contributed by atoms with Crippen LogP contribution in [0.25, 0.3) is 5.69 Å². The molecule has 0 atom stereocenters. The predicted octanol–water partition coefficient (Wildman–Crippen LogP) is 7.41. The summed E-state index contributed by atoms with van der Waals surface area (Å²) >= 11 is 26.2. The number of halogens is 4. The number of aryl methyl sites for hydroxylation is 1. The first kappa shape index (κ1) is 24.9. The van der Waals surface area contributed by atoms with Crippen molar-refractivity contribution in [2.45, 2.75) is 24.4 Å². The second-order valence-corrected chi connectivity index (χ2v) is 10.1. The van der Waals surface area contributed by atoms with Crippen LogP contribution < -0.4 is 5.32 Å². The van der Waals surface area contributed by atoms with Crippen LogP contribution in [-0.4, -0.2) is 20.7 Å². The average molecular weight is 552 g/mol. The maximum atomic E-state index is 12.7. The highest BCUT2D eigenvalue weighted by Gasteiger charge is 2.18. The highest BCUT2D eigenvalue weighted by atomic mass is 35.5. The highest BCUT2D eigenvalue weighted by Crippen LogP contribution is 2.31. The molecule has 10 heteroatoms. The van der Waals surface area contributed by atoms with Gasteiger partial charge in [0.05, 0.1) is 17.3 Å². The lowest BCUT2D eigenvalue weighted by Gasteiger charge is -2.13. The van der Waals surface area contributed by atoms with Crippen molar-refractivity contribution in [3.8, 4) is 5.69 Å². The SMILES string of the molecule is Cc1cccc(CSc2nnc(CNC(=O)c3cc(Cl)cc(Cl)c3)n2-c2ccc(Cl)cc2Cl)c1. The molecule has 174 valence electrons. The van der Waals surface area contributed by atoms with E-state index in [-0.39, 0.29) is 12.5 Å². The van der Waals surface area contributed by atoms with E-state index in [1.807, 2.05) is 10.6 Å². The van der Waals surface area contributed by atoms with Crippen LogP contribution in [0.4, 0.5) is 0 Å². The van der Waals surface area contributed by atoms with Crippen LogP contribution in [0.2, 0.25) is 20.1 Å². The van der Waals surface area contributed by atoms with Crippen molar-refractivity contribution in [1.82, 2.24) is 20.1 Å². The van der Waals surface area contributed by atoms with Gasteiger partial charge in [0.1, 0.15) is 0 Å². The minimum Gasteiger partial charge on any atom is -0.345 e. The lowest BCUT2D eigenvalue weighted by atomic mass is 10.2. The molecule has 0 aliphatic rings. The maximum absolute atomic E-state index is 12.7. The number of benzene rings is 3. The number of hydrogen-bond acceptors (Lipinski definition) is 4. The second kappa shape index (κ2) is 11.0. The summed E-state index contributed by atoms with van der Waals surface area (Å²) in [7, 11) is 0. The zero-order chi connectivity index (χ0) is 24.2. The smallest absolute Gasteiger partial charge is 0.251 e. The Morgan fingerprint density at radius 3 is 2.41 bits per heavy atom. The number of nitrogens with zero attached hydrogens (tertiary/aromatic N) is 3. The Hall–Kier alpha value is -2.22. The van der Waals surface area contributed by atoms with Gasteiger partial charge in [-0.1, -0.05) is 88.0 Å². The van der Waals surface area contributed by atoms with Gasteiger partial charge < -0.3 is 5.32 Å². The van der Waals surface area contributed by atoms with Gasteiger partial charge in [-0.15, -0.1) is 10.2 Å². The summed E-state index contributed by atoms with van der Waals surface area (Å²) in [6.07, 6.45) is 0. The van der Waals surface area contributed by atoms with Crippen LogP contribution in [-0.2, 0) is 12.3 Å². The van der Waals surface area contributed by atoms with Crippen LogP contribution >= 0.6 is 58.2 Å². The topological polar surface area (TPSA) is 59.8 Å². The van der Waals surface area contributed by atoms with Crippen molar-refractivity contribution >= 4 is 64.1 Å². The van der Waals surface area contributed by atoms with Crippen molar-refractivity contribution in [1.29, 1.82) is 0 Å². The van der Waals surface area contributed by atoms with Crippen LogP contribution in [0.5, 0.6) is 0 Å². The Morgan fingerprint density at radius 2 is 1.71 bits per heavy atom. The van der Waals surface area contributed by atoms with Gasteiger partial charge >= 0.3 is 0 Å². The molecule has 5 nitrogen and oxygen atoms in total. The minimum absolute atomic E-state index is 0.111. The molecule has 0 aliphatic heterocycles. The molecular formula is C24H18Cl4N4OS. The number of nitrogens with one attached hydrogen (secondary N) is 1. The Balaban J connectivity index is 1.61. The molecule has 34 heavy (non-hydrogen) atoms. The molecule has 0 unspecified atom stereocenters. The molecule has 0 bridgehead atoms. The monoisotopic (exact) mass is 550 g/mol. The molecular weight excluding hydrogens is 534 g/mol. The maximum Gasteiger partial charge on any atom is 0.251 e. The van der Waals surface area contributed by atoms with E-state index >= 15 is 0 Å². The number of hydrogen-bond donors (Lipinski definition) is 1. The van der Waals surface area contributed by atoms with Gasteiger partial charge in [0, 0.05) is 26.4 Å². The average Bonchev–Trinajstić information content (AvgIpc) is 3.18. The molecule has 0 spiro atoms. The Morgan fingerprint density at radius 1 is 0.941 bits per heavy atom. The third-order valence-corrected chi connectivity index (χ3v) is 6.81. The lowest BCUT2D eigenvalue weighted by molar-refractivity contribution is 0.0949. The van der Waals surface area contributed by atoms with E-state index in [1.165, 1.54) is 17.3 Å². The zero-order valence-corrected chi connectivity index (χ0v) is 21.7. The fraction of sp³-hybridized carbons (Fsp3) is 0.125. The zero-order valence-electron chi connectivity index (χ0n) is 17.9. The molecule has 0 saturated carbocycles. The molecule has 0 fully saturated rings. The summed E-state index contributed by atoms with van der Waals surface area (Å²) in [4.78, 5) is 12.7. The number of carbonyl (C=O) groups is 1. The van der Waals surface area contributed by atoms with Gasteiger partial charge in [-0.2, -0.15) is 0 Å². The van der Waals surface area contributed by atoms with E-state index in [9.17, 15) is 4.79 Å². The molecule has 0 saturated heterocycles. The van der Waals surface area contributed by atoms with Crippen molar-refractivity contribution in [3.63, 3.8) is 0 Å². The molecule has 0 aliphatic carbocycles. The number of rotatable bonds is 7. The van der Waals surface area contributed by atoms with Gasteiger partial charge in [0.2, 0.25) is 0 Å². The second-order valence-electron chi connectivity index (χ2n) is 7.45. The third kappa shape index (κ3) is 6.06. The first-order valence-electron chi connectivity index (χ1n) is 10.1. The highest BCUT2D eigenvalue weighted by molar-refractivity contribution is 7.98. The van der Waals surface area contributed by atoms with Crippen molar-refractivity contribution in [3.05, 3.63) is 103 Å². The van der Waals surface area contributed by atoms with Gasteiger partial charge in [-0.25, -0.2) is 0 Å². The Labute approximate surface area is 221 Å². The standard InChI is InChI=1S/C24H18Cl4N4OS/c1-14-3-2-4-15(7-14)13-34-24-31-30-22(32(24)21-6-5-17(25)11-20(21)28)12-29-23(33)16-8-18(26)10-19(27)9-16/h2-11H,12-13H2,1H3,(H,29,33). The molecule has 0 radical (unpaired) electrons. The van der Waals surface area contributed by atoms with Gasteiger partial charge in [-0.3, -0.25) is 9.36 Å². The number of amides is 1. The van der Waals surface area contributed by atoms with Crippen molar-refractivity contribution < 1.29 is 4.79 Å². The van der Waals surface area contributed by atoms with Crippen LogP contribution in [0, 0.1) is 6.92 Å².